The molecule has 0 radical (unpaired) electrons. The number of hydrogen-bond donors (Lipinski definition) is 0. The first-order chi connectivity index (χ1) is 9.16. The fourth-order valence-electron chi connectivity index (χ4n) is 1.96. The lowest BCUT2D eigenvalue weighted by Crippen LogP contribution is -2.20. The van der Waals surface area contributed by atoms with E-state index >= 15 is 0 Å². The van der Waals surface area contributed by atoms with Crippen LogP contribution in [-0.2, 0) is 6.42 Å². The maximum Gasteiger partial charge on any atom is 0.147 e. The molecular formula is C15H16BrClN2. The summed E-state index contributed by atoms with van der Waals surface area (Å²) in [6, 6.07) is 12.4. The van der Waals surface area contributed by atoms with Crippen molar-refractivity contribution in [2.75, 3.05) is 18.5 Å². The Bertz CT molecular complexity index is 531. The molecule has 1 aromatic heterocycles. The zero-order valence-electron chi connectivity index (χ0n) is 10.8. The molecule has 0 aliphatic heterocycles. The second kappa shape index (κ2) is 6.92. The summed E-state index contributed by atoms with van der Waals surface area (Å²) >= 11 is 9.55. The van der Waals surface area contributed by atoms with Gasteiger partial charge >= 0.3 is 0 Å². The summed E-state index contributed by atoms with van der Waals surface area (Å²) in [4.78, 5) is 6.45. The van der Waals surface area contributed by atoms with Gasteiger partial charge in [0.25, 0.3) is 0 Å². The van der Waals surface area contributed by atoms with Crippen molar-refractivity contribution in [2.24, 2.45) is 0 Å². The number of rotatable bonds is 5. The molecule has 0 aliphatic carbocycles. The average Bonchev–Trinajstić information content (AvgIpc) is 2.39. The van der Waals surface area contributed by atoms with Crippen molar-refractivity contribution in [3.05, 3.63) is 57.7 Å². The molecule has 2 aromatic rings. The lowest BCUT2D eigenvalue weighted by atomic mass is 10.1. The Labute approximate surface area is 127 Å². The summed E-state index contributed by atoms with van der Waals surface area (Å²) in [6.45, 7) is 0.934. The van der Waals surface area contributed by atoms with Gasteiger partial charge in [0.1, 0.15) is 5.82 Å². The molecule has 0 bridgehead atoms. The molecule has 19 heavy (non-hydrogen) atoms. The highest BCUT2D eigenvalue weighted by molar-refractivity contribution is 9.10. The predicted octanol–water partition coefficient (Wildman–Crippen LogP) is 4.57. The monoisotopic (exact) mass is 338 g/mol. The van der Waals surface area contributed by atoms with Crippen molar-refractivity contribution in [2.45, 2.75) is 12.8 Å². The van der Waals surface area contributed by atoms with E-state index in [4.69, 9.17) is 11.6 Å². The van der Waals surface area contributed by atoms with E-state index in [1.54, 1.807) is 6.20 Å². The molecule has 2 nitrogen and oxygen atoms in total. The van der Waals surface area contributed by atoms with Crippen LogP contribution < -0.4 is 4.90 Å². The molecule has 2 rings (SSSR count). The SMILES string of the molecule is CN(CCCc1ccccc1)c1ncc(Br)cc1Cl. The van der Waals surface area contributed by atoms with Crippen LogP contribution in [0.5, 0.6) is 0 Å². The van der Waals surface area contributed by atoms with Crippen LogP contribution in [0, 0.1) is 0 Å². The molecule has 0 fully saturated rings. The van der Waals surface area contributed by atoms with Crippen molar-refractivity contribution in [3.63, 3.8) is 0 Å². The fourth-order valence-corrected chi connectivity index (χ4v) is 2.73. The molecule has 0 saturated carbocycles. The first kappa shape index (κ1) is 14.4. The summed E-state index contributed by atoms with van der Waals surface area (Å²) < 4.78 is 0.902. The maximum atomic E-state index is 6.19. The van der Waals surface area contributed by atoms with E-state index < -0.39 is 0 Å². The topological polar surface area (TPSA) is 16.1 Å². The molecule has 0 aliphatic rings. The molecular weight excluding hydrogens is 324 g/mol. The van der Waals surface area contributed by atoms with Crippen molar-refractivity contribution in [1.29, 1.82) is 0 Å². The van der Waals surface area contributed by atoms with Gasteiger partial charge in [-0.2, -0.15) is 0 Å². The van der Waals surface area contributed by atoms with Crippen LogP contribution in [0.4, 0.5) is 5.82 Å². The first-order valence-electron chi connectivity index (χ1n) is 6.23. The highest BCUT2D eigenvalue weighted by Gasteiger charge is 2.07. The number of nitrogens with zero attached hydrogens (tertiary/aromatic N) is 2. The van der Waals surface area contributed by atoms with Gasteiger partial charge in [-0.15, -0.1) is 0 Å². The Morgan fingerprint density at radius 1 is 1.26 bits per heavy atom. The van der Waals surface area contributed by atoms with Crippen molar-refractivity contribution in [1.82, 2.24) is 4.98 Å². The minimum absolute atomic E-state index is 0.677. The summed E-state index contributed by atoms with van der Waals surface area (Å²) in [5.74, 6) is 0.831. The van der Waals surface area contributed by atoms with E-state index in [9.17, 15) is 0 Å². The number of anilines is 1. The third-order valence-electron chi connectivity index (χ3n) is 2.95. The number of aryl methyl sites for hydroxylation is 1. The highest BCUT2D eigenvalue weighted by atomic mass is 79.9. The smallest absolute Gasteiger partial charge is 0.147 e. The van der Waals surface area contributed by atoms with E-state index in [2.05, 4.69) is 50.1 Å². The second-order valence-electron chi connectivity index (χ2n) is 4.47. The predicted molar refractivity (Wildman–Crippen MR) is 85.0 cm³/mol. The minimum atomic E-state index is 0.677. The van der Waals surface area contributed by atoms with Crippen LogP contribution in [0.2, 0.25) is 5.02 Å². The second-order valence-corrected chi connectivity index (χ2v) is 5.79. The first-order valence-corrected chi connectivity index (χ1v) is 7.40. The average molecular weight is 340 g/mol. The minimum Gasteiger partial charge on any atom is -0.358 e. The summed E-state index contributed by atoms with van der Waals surface area (Å²) in [7, 11) is 2.02. The third-order valence-corrected chi connectivity index (χ3v) is 3.66. The molecule has 0 atom stereocenters. The van der Waals surface area contributed by atoms with Crippen LogP contribution in [0.25, 0.3) is 0 Å². The van der Waals surface area contributed by atoms with Crippen LogP contribution in [0.1, 0.15) is 12.0 Å². The Morgan fingerprint density at radius 3 is 2.68 bits per heavy atom. The lowest BCUT2D eigenvalue weighted by Gasteiger charge is -2.19. The van der Waals surface area contributed by atoms with E-state index in [-0.39, 0.29) is 0 Å². The van der Waals surface area contributed by atoms with Crippen LogP contribution in [0.3, 0.4) is 0 Å². The molecule has 0 N–H and O–H groups in total. The van der Waals surface area contributed by atoms with Crippen LogP contribution in [0.15, 0.2) is 47.1 Å². The van der Waals surface area contributed by atoms with E-state index in [0.717, 1.165) is 29.7 Å². The molecule has 0 spiro atoms. The molecule has 4 heteroatoms. The highest BCUT2D eigenvalue weighted by Crippen LogP contribution is 2.25. The largest absolute Gasteiger partial charge is 0.358 e. The standard InChI is InChI=1S/C15H16BrClN2/c1-19(15-14(17)10-13(16)11-18-15)9-5-8-12-6-3-2-4-7-12/h2-4,6-7,10-11H,5,8-9H2,1H3. The van der Waals surface area contributed by atoms with Crippen molar-refractivity contribution >= 4 is 33.3 Å². The fraction of sp³-hybridized carbons (Fsp3) is 0.267. The number of benzene rings is 1. The molecule has 1 heterocycles. The Morgan fingerprint density at radius 2 is 2.00 bits per heavy atom. The van der Waals surface area contributed by atoms with Gasteiger partial charge in [0.05, 0.1) is 5.02 Å². The summed E-state index contributed by atoms with van der Waals surface area (Å²) in [5, 5.41) is 0.677. The molecule has 0 unspecified atom stereocenters. The van der Waals surface area contributed by atoms with Gasteiger partial charge in [0, 0.05) is 24.3 Å². The third kappa shape index (κ3) is 4.22. The van der Waals surface area contributed by atoms with Gasteiger partial charge in [-0.1, -0.05) is 41.9 Å². The van der Waals surface area contributed by atoms with Crippen LogP contribution >= 0.6 is 27.5 Å². The summed E-state index contributed by atoms with van der Waals surface area (Å²) in [5.41, 5.74) is 1.37. The zero-order valence-corrected chi connectivity index (χ0v) is 13.2. The van der Waals surface area contributed by atoms with Gasteiger partial charge in [-0.05, 0) is 40.4 Å². The van der Waals surface area contributed by atoms with Gasteiger partial charge < -0.3 is 4.90 Å². The molecule has 0 saturated heterocycles. The van der Waals surface area contributed by atoms with Gasteiger partial charge in [0.15, 0.2) is 0 Å². The van der Waals surface area contributed by atoms with E-state index in [0.29, 0.717) is 5.02 Å². The lowest BCUT2D eigenvalue weighted by molar-refractivity contribution is 0.777. The number of aromatic nitrogens is 1. The van der Waals surface area contributed by atoms with E-state index in [1.165, 1.54) is 5.56 Å². The Hall–Kier alpha value is -1.06. The Balaban J connectivity index is 1.89. The van der Waals surface area contributed by atoms with Crippen LogP contribution in [-0.4, -0.2) is 18.6 Å². The quantitative estimate of drug-likeness (QED) is 0.793. The zero-order chi connectivity index (χ0) is 13.7. The number of pyridine rings is 1. The number of hydrogen-bond acceptors (Lipinski definition) is 2. The summed E-state index contributed by atoms with van der Waals surface area (Å²) in [6.07, 6.45) is 3.92. The van der Waals surface area contributed by atoms with Gasteiger partial charge in [-0.25, -0.2) is 4.98 Å². The number of halogens is 2. The normalized spacial score (nSPS) is 10.5. The maximum absolute atomic E-state index is 6.19. The molecule has 1 aromatic carbocycles. The van der Waals surface area contributed by atoms with Crippen molar-refractivity contribution < 1.29 is 0 Å². The Kier molecular flexibility index (Phi) is 5.23. The van der Waals surface area contributed by atoms with Gasteiger partial charge in [-0.3, -0.25) is 0 Å². The molecule has 100 valence electrons. The molecule has 0 amide bonds. The van der Waals surface area contributed by atoms with E-state index in [1.807, 2.05) is 19.2 Å². The van der Waals surface area contributed by atoms with Crippen molar-refractivity contribution in [3.8, 4) is 0 Å². The van der Waals surface area contributed by atoms with Gasteiger partial charge in [0.2, 0.25) is 0 Å².